The van der Waals surface area contributed by atoms with Gasteiger partial charge < -0.3 is 30.1 Å². The van der Waals surface area contributed by atoms with Crippen molar-refractivity contribution in [2.24, 2.45) is 5.92 Å². The number of morpholine rings is 1. The molecule has 2 aliphatic rings. The van der Waals surface area contributed by atoms with Crippen molar-refractivity contribution in [2.45, 2.75) is 75.8 Å². The second kappa shape index (κ2) is 15.8. The van der Waals surface area contributed by atoms with Crippen LogP contribution in [-0.4, -0.2) is 65.7 Å². The van der Waals surface area contributed by atoms with Crippen LogP contribution in [0.15, 0.2) is 54.6 Å². The van der Waals surface area contributed by atoms with Gasteiger partial charge in [0, 0.05) is 24.4 Å². The van der Waals surface area contributed by atoms with Crippen molar-refractivity contribution in [2.75, 3.05) is 19.7 Å². The lowest BCUT2D eigenvalue weighted by atomic mass is 9.84. The molecule has 10 nitrogen and oxygen atoms in total. The van der Waals surface area contributed by atoms with Gasteiger partial charge in [-0.3, -0.25) is 14.4 Å². The van der Waals surface area contributed by atoms with Crippen molar-refractivity contribution in [3.63, 3.8) is 0 Å². The predicted octanol–water partition coefficient (Wildman–Crippen LogP) is 4.29. The molecule has 3 N–H and O–H groups in total. The molecule has 0 radical (unpaired) electrons. The van der Waals surface area contributed by atoms with Crippen molar-refractivity contribution in [3.05, 3.63) is 70.7 Å². The van der Waals surface area contributed by atoms with Crippen LogP contribution in [0.4, 0.5) is 4.79 Å². The predicted molar refractivity (Wildman–Crippen MR) is 160 cm³/mol. The average molecular weight is 614 g/mol. The largest absolute Gasteiger partial charge is 0.445 e. The number of aliphatic hydroxyl groups is 1. The third-order valence-corrected chi connectivity index (χ3v) is 8.24. The van der Waals surface area contributed by atoms with Crippen molar-refractivity contribution in [3.8, 4) is 0 Å². The molecule has 3 amide bonds. The van der Waals surface area contributed by atoms with Crippen molar-refractivity contribution in [1.82, 2.24) is 15.5 Å². The molecule has 232 valence electrons. The summed E-state index contributed by atoms with van der Waals surface area (Å²) in [7, 11) is 0. The normalized spacial score (nSPS) is 19.5. The molecular weight excluding hydrogens is 574 g/mol. The van der Waals surface area contributed by atoms with Gasteiger partial charge in [0.25, 0.3) is 0 Å². The number of nitrogens with zero attached hydrogens (tertiary/aromatic N) is 1. The van der Waals surface area contributed by atoms with E-state index in [2.05, 4.69) is 10.6 Å². The fourth-order valence-corrected chi connectivity index (χ4v) is 5.81. The molecule has 1 saturated carbocycles. The number of carbonyl (C=O) groups excluding carboxylic acids is 4. The van der Waals surface area contributed by atoms with Gasteiger partial charge in [-0.1, -0.05) is 86.2 Å². The molecule has 1 saturated heterocycles. The van der Waals surface area contributed by atoms with Gasteiger partial charge in [0.1, 0.15) is 18.8 Å². The minimum atomic E-state index is -2.28. The zero-order valence-electron chi connectivity index (χ0n) is 24.2. The first-order valence-corrected chi connectivity index (χ1v) is 15.3. The molecule has 1 heterocycles. The van der Waals surface area contributed by atoms with Crippen LogP contribution in [-0.2, 0) is 30.5 Å². The third kappa shape index (κ3) is 10.0. The summed E-state index contributed by atoms with van der Waals surface area (Å²) in [5.41, 5.74) is -0.639. The van der Waals surface area contributed by atoms with Crippen LogP contribution in [0.1, 0.15) is 68.6 Å². The smallest absolute Gasteiger partial charge is 0.408 e. The Bertz CT molecular complexity index is 1240. The molecule has 0 bridgehead atoms. The van der Waals surface area contributed by atoms with Gasteiger partial charge in [0.2, 0.25) is 11.8 Å². The maximum Gasteiger partial charge on any atom is 0.408 e. The molecule has 4 rings (SSSR count). The number of benzene rings is 2. The van der Waals surface area contributed by atoms with Crippen LogP contribution in [0.5, 0.6) is 0 Å². The number of rotatable bonds is 12. The Morgan fingerprint density at radius 3 is 2.60 bits per heavy atom. The number of carbonyl (C=O) groups is 4. The van der Waals surface area contributed by atoms with Crippen LogP contribution in [0.2, 0.25) is 5.02 Å². The van der Waals surface area contributed by atoms with Gasteiger partial charge in [0.05, 0.1) is 13.2 Å². The fraction of sp³-hybridized carbons (Fsp3) is 0.500. The van der Waals surface area contributed by atoms with Gasteiger partial charge in [-0.05, 0) is 35.6 Å². The Balaban J connectivity index is 1.34. The molecule has 2 aromatic carbocycles. The van der Waals surface area contributed by atoms with E-state index in [0.717, 1.165) is 37.7 Å². The zero-order valence-corrected chi connectivity index (χ0v) is 25.0. The number of hydrogen-bond donors (Lipinski definition) is 3. The first kappa shape index (κ1) is 32.4. The van der Waals surface area contributed by atoms with Gasteiger partial charge in [-0.15, -0.1) is 0 Å². The maximum absolute atomic E-state index is 13.4. The molecule has 0 aromatic heterocycles. The first-order chi connectivity index (χ1) is 20.7. The van der Waals surface area contributed by atoms with E-state index in [0.29, 0.717) is 36.7 Å². The van der Waals surface area contributed by atoms with Crippen LogP contribution >= 0.6 is 11.6 Å². The van der Waals surface area contributed by atoms with Gasteiger partial charge in [-0.25, -0.2) is 4.79 Å². The molecule has 43 heavy (non-hydrogen) atoms. The lowest BCUT2D eigenvalue weighted by Crippen LogP contribution is -2.57. The molecule has 2 aromatic rings. The third-order valence-electron chi connectivity index (χ3n) is 8.01. The van der Waals surface area contributed by atoms with E-state index in [9.17, 15) is 24.3 Å². The van der Waals surface area contributed by atoms with E-state index < -0.39 is 23.8 Å². The summed E-state index contributed by atoms with van der Waals surface area (Å²) in [6, 6.07) is 15.4. The second-order valence-corrected chi connectivity index (χ2v) is 11.7. The maximum atomic E-state index is 13.4. The number of alkyl carbamates (subject to hydrolysis) is 1. The Kier molecular flexibility index (Phi) is 12.0. The number of halogens is 1. The van der Waals surface area contributed by atoms with Crippen molar-refractivity contribution in [1.29, 1.82) is 0 Å². The summed E-state index contributed by atoms with van der Waals surface area (Å²) in [4.78, 5) is 52.7. The van der Waals surface area contributed by atoms with E-state index in [1.807, 2.05) is 30.3 Å². The highest BCUT2D eigenvalue weighted by Crippen LogP contribution is 2.28. The molecule has 11 heteroatoms. The lowest BCUT2D eigenvalue weighted by molar-refractivity contribution is -0.145. The number of aldehydes is 1. The number of nitrogens with one attached hydrogen (secondary N) is 2. The van der Waals surface area contributed by atoms with Gasteiger partial charge in [-0.2, -0.15) is 0 Å². The molecule has 0 spiro atoms. The Morgan fingerprint density at radius 2 is 1.88 bits per heavy atom. The highest BCUT2D eigenvalue weighted by atomic mass is 35.5. The van der Waals surface area contributed by atoms with E-state index in [-0.39, 0.29) is 43.7 Å². The number of amides is 3. The Morgan fingerprint density at radius 1 is 1.12 bits per heavy atom. The Hall–Kier alpha value is -3.47. The number of hydrogen-bond acceptors (Lipinski definition) is 7. The molecule has 3 atom stereocenters. The lowest BCUT2D eigenvalue weighted by Gasteiger charge is -2.34. The van der Waals surface area contributed by atoms with Crippen molar-refractivity contribution >= 4 is 35.8 Å². The van der Waals surface area contributed by atoms with Crippen LogP contribution in [0.3, 0.4) is 0 Å². The van der Waals surface area contributed by atoms with E-state index in [1.54, 1.807) is 29.2 Å². The Labute approximate surface area is 257 Å². The van der Waals surface area contributed by atoms with Gasteiger partial charge in [0.15, 0.2) is 12.0 Å². The molecule has 1 aliphatic heterocycles. The molecule has 1 aliphatic carbocycles. The fourth-order valence-electron chi connectivity index (χ4n) is 5.60. The van der Waals surface area contributed by atoms with E-state index in [1.165, 1.54) is 0 Å². The van der Waals surface area contributed by atoms with Crippen LogP contribution in [0.25, 0.3) is 0 Å². The monoisotopic (exact) mass is 613 g/mol. The topological polar surface area (TPSA) is 134 Å². The molecule has 2 unspecified atom stereocenters. The average Bonchev–Trinajstić information content (AvgIpc) is 3.03. The second-order valence-electron chi connectivity index (χ2n) is 11.3. The first-order valence-electron chi connectivity index (χ1n) is 14.9. The zero-order chi connectivity index (χ0) is 30.7. The minimum Gasteiger partial charge on any atom is -0.445 e. The van der Waals surface area contributed by atoms with Crippen LogP contribution in [0, 0.1) is 5.92 Å². The SMILES string of the molecule is O=CC(O)(CCC(=O)N1CCOC(c2ccccc2)C1)NC(=O)[C@H](CC1CCCCC1)NC(=O)OCc1cccc(Cl)c1. The minimum absolute atomic E-state index is 0.0444. The number of ether oxygens (including phenoxy) is 2. The van der Waals surface area contributed by atoms with Gasteiger partial charge >= 0.3 is 6.09 Å². The highest BCUT2D eigenvalue weighted by Gasteiger charge is 2.35. The summed E-state index contributed by atoms with van der Waals surface area (Å²) >= 11 is 6.00. The summed E-state index contributed by atoms with van der Waals surface area (Å²) in [6.07, 6.45) is 4.02. The quantitative estimate of drug-likeness (QED) is 0.240. The summed E-state index contributed by atoms with van der Waals surface area (Å²) in [6.45, 7) is 1.05. The standard InChI is InChI=1S/C32H40ClN3O7/c33-26-13-7-10-24(18-26)21-43-31(40)34-27(19-23-8-3-1-4-9-23)30(39)35-32(41,22-37)15-14-29(38)36-16-17-42-28(20-36)25-11-5-2-6-12-25/h2,5-7,10-13,18,22-23,27-28,41H,1,3-4,8-9,14-17,19-21H2,(H,34,40)(H,35,39)/t27-,28?,32?/m0/s1. The van der Waals surface area contributed by atoms with Crippen molar-refractivity contribution < 1.29 is 33.8 Å². The summed E-state index contributed by atoms with van der Waals surface area (Å²) in [5.74, 6) is -0.786. The summed E-state index contributed by atoms with van der Waals surface area (Å²) in [5, 5.41) is 16.5. The summed E-state index contributed by atoms with van der Waals surface area (Å²) < 4.78 is 11.1. The van der Waals surface area contributed by atoms with E-state index in [4.69, 9.17) is 21.1 Å². The highest BCUT2D eigenvalue weighted by molar-refractivity contribution is 6.30. The molecule has 2 fully saturated rings. The van der Waals surface area contributed by atoms with Crippen LogP contribution < -0.4 is 10.6 Å². The molecular formula is C32H40ClN3O7. The van der Waals surface area contributed by atoms with E-state index >= 15 is 0 Å².